The minimum Gasteiger partial charge on any atom is -0.343 e. The van der Waals surface area contributed by atoms with Gasteiger partial charge in [-0.25, -0.2) is 9.97 Å². The topological polar surface area (TPSA) is 84.2 Å². The zero-order chi connectivity index (χ0) is 20.4. The summed E-state index contributed by atoms with van der Waals surface area (Å²) in [6.07, 6.45) is 8.69. The Morgan fingerprint density at radius 2 is 1.93 bits per heavy atom. The van der Waals surface area contributed by atoms with Gasteiger partial charge in [0, 0.05) is 76.4 Å². The molecule has 0 N–H and O–H groups in total. The Morgan fingerprint density at radius 1 is 1.14 bits per heavy atom. The predicted octanol–water partition coefficient (Wildman–Crippen LogP) is 1.68. The third-order valence-corrected chi connectivity index (χ3v) is 5.93. The number of rotatable bonds is 4. The maximum absolute atomic E-state index is 12.6. The summed E-state index contributed by atoms with van der Waals surface area (Å²) in [6, 6.07) is 0. The highest BCUT2D eigenvalue weighted by Gasteiger charge is 2.26. The molecule has 2 aliphatic rings. The molecule has 1 fully saturated rings. The quantitative estimate of drug-likeness (QED) is 0.785. The Kier molecular flexibility index (Phi) is 5.60. The number of aromatic nitrogens is 4. The van der Waals surface area contributed by atoms with Gasteiger partial charge < -0.3 is 9.80 Å². The average molecular weight is 396 g/mol. The molecule has 0 aromatic carbocycles. The van der Waals surface area contributed by atoms with E-state index in [0.29, 0.717) is 32.0 Å². The van der Waals surface area contributed by atoms with Crippen LogP contribution in [-0.2, 0) is 29.1 Å². The lowest BCUT2D eigenvalue weighted by molar-refractivity contribution is -0.132. The number of hydrogen-bond donors (Lipinski definition) is 0. The van der Waals surface area contributed by atoms with Crippen molar-refractivity contribution in [3.05, 3.63) is 41.2 Å². The lowest BCUT2D eigenvalue weighted by Gasteiger charge is -2.32. The van der Waals surface area contributed by atoms with Crippen molar-refractivity contribution in [1.29, 1.82) is 0 Å². The van der Waals surface area contributed by atoms with Gasteiger partial charge in [-0.05, 0) is 25.3 Å². The highest BCUT2D eigenvalue weighted by molar-refractivity contribution is 5.76. The molecule has 0 atom stereocenters. The molecule has 4 heterocycles. The molecule has 2 aromatic heterocycles. The van der Waals surface area contributed by atoms with Crippen molar-refractivity contribution < 1.29 is 9.59 Å². The molecule has 29 heavy (non-hydrogen) atoms. The van der Waals surface area contributed by atoms with Crippen molar-refractivity contribution in [1.82, 2.24) is 29.5 Å². The second kappa shape index (κ2) is 8.31. The van der Waals surface area contributed by atoms with Crippen molar-refractivity contribution in [2.24, 2.45) is 0 Å². The first-order chi connectivity index (χ1) is 14.0. The molecular formula is C21H28N6O2. The van der Waals surface area contributed by atoms with Gasteiger partial charge >= 0.3 is 0 Å². The van der Waals surface area contributed by atoms with Crippen LogP contribution in [-0.4, -0.2) is 61.0 Å². The second-order valence-electron chi connectivity index (χ2n) is 8.08. The Morgan fingerprint density at radius 3 is 2.62 bits per heavy atom. The van der Waals surface area contributed by atoms with Gasteiger partial charge in [-0.2, -0.15) is 5.10 Å². The van der Waals surface area contributed by atoms with Crippen molar-refractivity contribution in [2.45, 2.75) is 58.5 Å². The highest BCUT2D eigenvalue weighted by atomic mass is 16.2. The van der Waals surface area contributed by atoms with E-state index in [-0.39, 0.29) is 11.8 Å². The number of nitrogens with zero attached hydrogens (tertiary/aromatic N) is 6. The van der Waals surface area contributed by atoms with Gasteiger partial charge in [0.05, 0.1) is 11.9 Å². The molecule has 0 aliphatic carbocycles. The van der Waals surface area contributed by atoms with E-state index in [9.17, 15) is 9.59 Å². The minimum absolute atomic E-state index is 0.141. The molecule has 2 amide bonds. The monoisotopic (exact) mass is 396 g/mol. The second-order valence-corrected chi connectivity index (χ2v) is 8.08. The smallest absolute Gasteiger partial charge is 0.224 e. The van der Waals surface area contributed by atoms with Crippen LogP contribution in [0.15, 0.2) is 18.6 Å². The van der Waals surface area contributed by atoms with Crippen LogP contribution in [0.25, 0.3) is 0 Å². The summed E-state index contributed by atoms with van der Waals surface area (Å²) in [7, 11) is 0. The number of piperidine rings is 1. The summed E-state index contributed by atoms with van der Waals surface area (Å²) in [5, 5.41) is 4.24. The number of carbonyl (C=O) groups is 2. The maximum Gasteiger partial charge on any atom is 0.224 e. The normalized spacial score (nSPS) is 17.3. The molecule has 0 unspecified atom stereocenters. The first-order valence-electron chi connectivity index (χ1n) is 10.4. The number of likely N-dealkylation sites (tertiary alicyclic amines) is 1. The van der Waals surface area contributed by atoms with Crippen LogP contribution < -0.4 is 0 Å². The van der Waals surface area contributed by atoms with E-state index in [0.717, 1.165) is 55.0 Å². The van der Waals surface area contributed by atoms with Crippen LogP contribution in [0.2, 0.25) is 0 Å². The standard InChI is InChI=1S/C21H28N6O2/c1-15-11-23-27(13-15)10-6-20(29)26-9-5-19-18(14-26)12-22-21(24-19)17-3-7-25(8-4-17)16(2)28/h11-13,17H,3-10,14H2,1-2H3. The van der Waals surface area contributed by atoms with Crippen LogP contribution in [0.3, 0.4) is 0 Å². The fourth-order valence-electron chi connectivity index (χ4n) is 4.15. The molecule has 8 heteroatoms. The molecule has 0 spiro atoms. The zero-order valence-electron chi connectivity index (χ0n) is 17.2. The van der Waals surface area contributed by atoms with Gasteiger partial charge in [0.15, 0.2) is 0 Å². The Labute approximate surface area is 170 Å². The van der Waals surface area contributed by atoms with E-state index in [4.69, 9.17) is 4.98 Å². The molecule has 1 saturated heterocycles. The lowest BCUT2D eigenvalue weighted by atomic mass is 9.95. The summed E-state index contributed by atoms with van der Waals surface area (Å²) < 4.78 is 1.82. The molecule has 154 valence electrons. The number of carbonyl (C=O) groups excluding carboxylic acids is 2. The molecule has 8 nitrogen and oxygen atoms in total. The number of amides is 2. The van der Waals surface area contributed by atoms with Gasteiger partial charge in [-0.1, -0.05) is 0 Å². The van der Waals surface area contributed by atoms with Gasteiger partial charge in [-0.15, -0.1) is 0 Å². The average Bonchev–Trinajstić information content (AvgIpc) is 3.16. The van der Waals surface area contributed by atoms with E-state index in [1.54, 1.807) is 13.1 Å². The lowest BCUT2D eigenvalue weighted by Crippen LogP contribution is -2.38. The van der Waals surface area contributed by atoms with Crippen LogP contribution >= 0.6 is 0 Å². The summed E-state index contributed by atoms with van der Waals surface area (Å²) >= 11 is 0. The van der Waals surface area contributed by atoms with Gasteiger partial charge in [0.25, 0.3) is 0 Å². The van der Waals surface area contributed by atoms with E-state index >= 15 is 0 Å². The maximum atomic E-state index is 12.6. The summed E-state index contributed by atoms with van der Waals surface area (Å²) in [5.41, 5.74) is 3.21. The van der Waals surface area contributed by atoms with Crippen LogP contribution in [0.1, 0.15) is 54.7 Å². The Bertz CT molecular complexity index is 900. The van der Waals surface area contributed by atoms with E-state index in [1.165, 1.54) is 0 Å². The largest absolute Gasteiger partial charge is 0.343 e. The van der Waals surface area contributed by atoms with Crippen LogP contribution in [0, 0.1) is 6.92 Å². The SMILES string of the molecule is CC(=O)N1CCC(c2ncc3c(n2)CCN(C(=O)CCn2cc(C)cn2)C3)CC1. The van der Waals surface area contributed by atoms with Crippen LogP contribution in [0.4, 0.5) is 0 Å². The number of fused-ring (bicyclic) bond motifs is 1. The Hall–Kier alpha value is -2.77. The minimum atomic E-state index is 0.141. The van der Waals surface area contributed by atoms with Gasteiger partial charge in [0.2, 0.25) is 11.8 Å². The first kappa shape index (κ1) is 19.5. The van der Waals surface area contributed by atoms with Crippen molar-refractivity contribution in [3.63, 3.8) is 0 Å². The third kappa shape index (κ3) is 4.46. The predicted molar refractivity (Wildman–Crippen MR) is 107 cm³/mol. The van der Waals surface area contributed by atoms with Gasteiger partial charge in [0.1, 0.15) is 5.82 Å². The summed E-state index contributed by atoms with van der Waals surface area (Å²) in [4.78, 5) is 37.3. The molecule has 2 aromatic rings. The molecular weight excluding hydrogens is 368 g/mol. The van der Waals surface area contributed by atoms with Gasteiger partial charge in [-0.3, -0.25) is 14.3 Å². The summed E-state index contributed by atoms with van der Waals surface area (Å²) in [6.45, 7) is 7.05. The molecule has 2 aliphatic heterocycles. The van der Waals surface area contributed by atoms with E-state index < -0.39 is 0 Å². The molecule has 4 rings (SSSR count). The van der Waals surface area contributed by atoms with E-state index in [1.807, 2.05) is 33.8 Å². The highest BCUT2D eigenvalue weighted by Crippen LogP contribution is 2.27. The Balaban J connectivity index is 1.34. The summed E-state index contributed by atoms with van der Waals surface area (Å²) in [5.74, 6) is 1.49. The molecule has 0 saturated carbocycles. The fraction of sp³-hybridized carbons (Fsp3) is 0.571. The third-order valence-electron chi connectivity index (χ3n) is 5.93. The van der Waals surface area contributed by atoms with Crippen LogP contribution in [0.5, 0.6) is 0 Å². The van der Waals surface area contributed by atoms with E-state index in [2.05, 4.69) is 10.1 Å². The van der Waals surface area contributed by atoms with Crippen molar-refractivity contribution >= 4 is 11.8 Å². The van der Waals surface area contributed by atoms with Crippen molar-refractivity contribution in [2.75, 3.05) is 19.6 Å². The first-order valence-corrected chi connectivity index (χ1v) is 10.4. The van der Waals surface area contributed by atoms with Crippen molar-refractivity contribution in [3.8, 4) is 0 Å². The fourth-order valence-corrected chi connectivity index (χ4v) is 4.15. The number of hydrogen-bond acceptors (Lipinski definition) is 5. The number of aryl methyl sites for hydroxylation is 2. The molecule has 0 radical (unpaired) electrons. The molecule has 0 bridgehead atoms. The zero-order valence-corrected chi connectivity index (χ0v) is 17.2.